The van der Waals surface area contributed by atoms with E-state index in [1.807, 2.05) is 20.8 Å². The fourth-order valence-corrected chi connectivity index (χ4v) is 0.747. The topological polar surface area (TPSA) is 98.3 Å². The third kappa shape index (κ3) is 7.29. The highest BCUT2D eigenvalue weighted by atomic mass is 16.4. The van der Waals surface area contributed by atoms with Crippen molar-refractivity contribution in [2.75, 3.05) is 0 Å². The zero-order valence-electron chi connectivity index (χ0n) is 7.42. The fourth-order valence-electron chi connectivity index (χ4n) is 0.747. The molecule has 0 aliphatic carbocycles. The second-order valence-electron chi connectivity index (χ2n) is 3.71. The second kappa shape index (κ2) is 4.31. The normalized spacial score (nSPS) is 13.5. The Labute approximate surface area is 67.4 Å². The monoisotopic (exact) mass is 162 g/mol. The molecule has 0 amide bonds. The van der Waals surface area contributed by atoms with Gasteiger partial charge in [0.15, 0.2) is 0 Å². The zero-order chi connectivity index (χ0) is 8.36. The zero-order valence-corrected chi connectivity index (χ0v) is 7.42. The predicted molar refractivity (Wildman–Crippen MR) is 44.7 cm³/mol. The molecule has 0 saturated carbocycles. The molecule has 0 aromatic carbocycles. The maximum Gasteiger partial charge on any atom is 0.320 e. The number of carboxylic acids is 1. The Morgan fingerprint density at radius 1 is 1.55 bits per heavy atom. The summed E-state index contributed by atoms with van der Waals surface area (Å²) in [5, 5.41) is 8.42. The summed E-state index contributed by atoms with van der Waals surface area (Å²) in [5.41, 5.74) is 5.30. The molecule has 0 bridgehead atoms. The summed E-state index contributed by atoms with van der Waals surface area (Å²) in [6.07, 6.45) is 0.516. The Bertz CT molecular complexity index is 129. The Balaban J connectivity index is 0. The molecule has 6 N–H and O–H groups in total. The number of carbonyl (C=O) groups is 1. The maximum atomic E-state index is 10.3. The third-order valence-corrected chi connectivity index (χ3v) is 1.15. The van der Waals surface area contributed by atoms with E-state index in [4.69, 9.17) is 10.8 Å². The lowest BCUT2D eigenvalue weighted by atomic mass is 9.88. The van der Waals surface area contributed by atoms with Crippen molar-refractivity contribution in [3.8, 4) is 0 Å². The van der Waals surface area contributed by atoms with Crippen molar-refractivity contribution in [2.24, 2.45) is 11.1 Å². The first-order valence-corrected chi connectivity index (χ1v) is 3.31. The van der Waals surface area contributed by atoms with Gasteiger partial charge >= 0.3 is 5.97 Å². The SMILES string of the molecule is CC(C)(C)CC(N)C(=O)O.N. The van der Waals surface area contributed by atoms with Crippen LogP contribution in [0.15, 0.2) is 0 Å². The average molecular weight is 162 g/mol. The molecule has 0 aromatic rings. The molecule has 0 radical (unpaired) electrons. The van der Waals surface area contributed by atoms with Crippen LogP contribution in [0.2, 0.25) is 0 Å². The molecule has 0 spiro atoms. The first kappa shape index (κ1) is 13.0. The molecule has 1 unspecified atom stereocenters. The minimum absolute atomic E-state index is 0. The van der Waals surface area contributed by atoms with Gasteiger partial charge in [0.05, 0.1) is 0 Å². The second-order valence-corrected chi connectivity index (χ2v) is 3.71. The number of carboxylic acid groups (broad SMARTS) is 1. The van der Waals surface area contributed by atoms with Crippen LogP contribution < -0.4 is 11.9 Å². The van der Waals surface area contributed by atoms with Gasteiger partial charge in [0.1, 0.15) is 6.04 Å². The summed E-state index contributed by atoms with van der Waals surface area (Å²) >= 11 is 0. The van der Waals surface area contributed by atoms with Gasteiger partial charge in [-0.25, -0.2) is 0 Å². The van der Waals surface area contributed by atoms with E-state index in [1.165, 1.54) is 0 Å². The van der Waals surface area contributed by atoms with Gasteiger partial charge in [-0.05, 0) is 11.8 Å². The van der Waals surface area contributed by atoms with E-state index in [0.717, 1.165) is 0 Å². The number of hydrogen-bond acceptors (Lipinski definition) is 3. The van der Waals surface area contributed by atoms with Crippen molar-refractivity contribution in [3.05, 3.63) is 0 Å². The van der Waals surface area contributed by atoms with Gasteiger partial charge in [-0.1, -0.05) is 20.8 Å². The van der Waals surface area contributed by atoms with E-state index in [0.29, 0.717) is 6.42 Å². The van der Waals surface area contributed by atoms with Crippen LogP contribution in [0.1, 0.15) is 27.2 Å². The minimum Gasteiger partial charge on any atom is -0.480 e. The van der Waals surface area contributed by atoms with Gasteiger partial charge in [-0.3, -0.25) is 4.79 Å². The van der Waals surface area contributed by atoms with Crippen molar-refractivity contribution in [1.29, 1.82) is 0 Å². The highest BCUT2D eigenvalue weighted by Crippen LogP contribution is 2.19. The lowest BCUT2D eigenvalue weighted by Crippen LogP contribution is -2.34. The number of nitrogens with two attached hydrogens (primary N) is 1. The molecule has 0 heterocycles. The molecular weight excluding hydrogens is 144 g/mol. The summed E-state index contributed by atoms with van der Waals surface area (Å²) in [4.78, 5) is 10.3. The predicted octanol–water partition coefficient (Wildman–Crippen LogP) is 0.996. The Hall–Kier alpha value is -0.610. The average Bonchev–Trinajstić information content (AvgIpc) is 1.60. The largest absolute Gasteiger partial charge is 0.480 e. The van der Waals surface area contributed by atoms with Crippen LogP contribution >= 0.6 is 0 Å². The fraction of sp³-hybridized carbons (Fsp3) is 0.857. The van der Waals surface area contributed by atoms with Gasteiger partial charge in [-0.15, -0.1) is 0 Å². The quantitative estimate of drug-likeness (QED) is 0.564. The standard InChI is InChI=1S/C7H15NO2.H3N/c1-7(2,3)4-5(8)6(9)10;/h5H,4,8H2,1-3H3,(H,9,10);1H3. The van der Waals surface area contributed by atoms with E-state index in [2.05, 4.69) is 0 Å². The molecule has 1 atom stereocenters. The van der Waals surface area contributed by atoms with E-state index < -0.39 is 12.0 Å². The van der Waals surface area contributed by atoms with Crippen molar-refractivity contribution in [2.45, 2.75) is 33.2 Å². The van der Waals surface area contributed by atoms with Crippen molar-refractivity contribution < 1.29 is 9.90 Å². The number of rotatable bonds is 2. The van der Waals surface area contributed by atoms with E-state index >= 15 is 0 Å². The highest BCUT2D eigenvalue weighted by molar-refractivity contribution is 5.73. The molecule has 0 fully saturated rings. The van der Waals surface area contributed by atoms with Crippen LogP contribution in [0.3, 0.4) is 0 Å². The summed E-state index contributed by atoms with van der Waals surface area (Å²) < 4.78 is 0. The van der Waals surface area contributed by atoms with E-state index in [-0.39, 0.29) is 11.6 Å². The van der Waals surface area contributed by atoms with Crippen LogP contribution in [-0.4, -0.2) is 17.1 Å². The molecular formula is C7H18N2O2. The first-order valence-electron chi connectivity index (χ1n) is 3.31. The van der Waals surface area contributed by atoms with Crippen LogP contribution in [0.5, 0.6) is 0 Å². The van der Waals surface area contributed by atoms with E-state index in [1.54, 1.807) is 0 Å². The maximum absolute atomic E-state index is 10.3. The van der Waals surface area contributed by atoms with Gasteiger partial charge in [-0.2, -0.15) is 0 Å². The molecule has 0 rings (SSSR count). The summed E-state index contributed by atoms with van der Waals surface area (Å²) in [6, 6.07) is -0.722. The van der Waals surface area contributed by atoms with Crippen LogP contribution in [0, 0.1) is 5.41 Å². The molecule has 0 aromatic heterocycles. The van der Waals surface area contributed by atoms with Gasteiger partial charge in [0.2, 0.25) is 0 Å². The van der Waals surface area contributed by atoms with Crippen LogP contribution in [-0.2, 0) is 4.79 Å². The van der Waals surface area contributed by atoms with Gasteiger partial charge in [0.25, 0.3) is 0 Å². The van der Waals surface area contributed by atoms with Crippen molar-refractivity contribution in [3.63, 3.8) is 0 Å². The lowest BCUT2D eigenvalue weighted by molar-refractivity contribution is -0.139. The van der Waals surface area contributed by atoms with Gasteiger partial charge < -0.3 is 17.0 Å². The lowest BCUT2D eigenvalue weighted by Gasteiger charge is -2.20. The van der Waals surface area contributed by atoms with Crippen LogP contribution in [0.4, 0.5) is 0 Å². The Kier molecular flexibility index (Phi) is 5.09. The third-order valence-electron chi connectivity index (χ3n) is 1.15. The van der Waals surface area contributed by atoms with Gasteiger partial charge in [0, 0.05) is 0 Å². The molecule has 68 valence electrons. The summed E-state index contributed by atoms with van der Waals surface area (Å²) in [6.45, 7) is 5.90. The molecule has 11 heavy (non-hydrogen) atoms. The Morgan fingerprint density at radius 3 is 2.00 bits per heavy atom. The summed E-state index contributed by atoms with van der Waals surface area (Å²) in [5.74, 6) is -0.921. The number of hydrogen-bond donors (Lipinski definition) is 3. The van der Waals surface area contributed by atoms with E-state index in [9.17, 15) is 4.79 Å². The Morgan fingerprint density at radius 2 is 1.91 bits per heavy atom. The molecule has 4 heteroatoms. The summed E-state index contributed by atoms with van der Waals surface area (Å²) in [7, 11) is 0. The molecule has 0 aliphatic heterocycles. The first-order chi connectivity index (χ1) is 4.33. The smallest absolute Gasteiger partial charge is 0.320 e. The molecule has 0 saturated heterocycles. The van der Waals surface area contributed by atoms with Crippen molar-refractivity contribution >= 4 is 5.97 Å². The van der Waals surface area contributed by atoms with Crippen LogP contribution in [0.25, 0.3) is 0 Å². The molecule has 0 aliphatic rings. The number of aliphatic carboxylic acids is 1. The minimum atomic E-state index is -0.921. The highest BCUT2D eigenvalue weighted by Gasteiger charge is 2.20. The molecule has 4 nitrogen and oxygen atoms in total. The van der Waals surface area contributed by atoms with Crippen molar-refractivity contribution in [1.82, 2.24) is 6.15 Å².